The minimum Gasteiger partial charge on any atom is -0.370 e. The molecule has 20 heavy (non-hydrogen) atoms. The van der Waals surface area contributed by atoms with E-state index in [2.05, 4.69) is 24.2 Å². The van der Waals surface area contributed by atoms with Gasteiger partial charge in [-0.2, -0.15) is 0 Å². The van der Waals surface area contributed by atoms with Gasteiger partial charge >= 0.3 is 0 Å². The summed E-state index contributed by atoms with van der Waals surface area (Å²) >= 11 is 6.04. The molecule has 3 N–H and O–H groups in total. The van der Waals surface area contributed by atoms with Crippen molar-refractivity contribution in [1.82, 2.24) is 5.32 Å². The summed E-state index contributed by atoms with van der Waals surface area (Å²) < 4.78 is 13.7. The van der Waals surface area contributed by atoms with Crippen LogP contribution in [0.2, 0.25) is 5.02 Å². The maximum atomic E-state index is 13.7. The summed E-state index contributed by atoms with van der Waals surface area (Å²) in [6.45, 7) is 4.85. The fourth-order valence-corrected chi connectivity index (χ4v) is 2.36. The Balaban J connectivity index is 0.00000200. The lowest BCUT2D eigenvalue weighted by Crippen LogP contribution is -2.34. The van der Waals surface area contributed by atoms with Gasteiger partial charge in [0.05, 0.1) is 0 Å². The topological polar surface area (TPSA) is 50.4 Å². The Morgan fingerprint density at radius 3 is 2.85 bits per heavy atom. The van der Waals surface area contributed by atoms with Gasteiger partial charge in [-0.05, 0) is 24.5 Å². The number of guanidine groups is 1. The van der Waals surface area contributed by atoms with E-state index in [1.807, 2.05) is 0 Å². The highest BCUT2D eigenvalue weighted by molar-refractivity contribution is 14.0. The van der Waals surface area contributed by atoms with Crippen LogP contribution in [-0.4, -0.2) is 18.5 Å². The van der Waals surface area contributed by atoms with Crippen molar-refractivity contribution in [2.75, 3.05) is 6.54 Å². The van der Waals surface area contributed by atoms with Crippen LogP contribution in [-0.2, 0) is 0 Å². The Bertz CT molecular complexity index is 473. The number of benzene rings is 1. The van der Waals surface area contributed by atoms with Crippen LogP contribution in [0.1, 0.15) is 31.7 Å². The summed E-state index contributed by atoms with van der Waals surface area (Å²) in [6.07, 6.45) is 0.832. The number of rotatable bonds is 4. The number of hydrogen-bond donors (Lipinski definition) is 2. The molecule has 112 valence electrons. The zero-order chi connectivity index (χ0) is 14.0. The minimum atomic E-state index is -0.250. The maximum absolute atomic E-state index is 13.7. The van der Waals surface area contributed by atoms with Crippen LogP contribution in [0.15, 0.2) is 23.2 Å². The van der Waals surface area contributed by atoms with Crippen molar-refractivity contribution in [2.45, 2.75) is 32.2 Å². The normalized spacial score (nSPS) is 21.6. The van der Waals surface area contributed by atoms with Crippen molar-refractivity contribution in [3.8, 4) is 0 Å². The Hall–Kier alpha value is -0.560. The fraction of sp³-hybridized carbons (Fsp3) is 0.500. The molecule has 0 bridgehead atoms. The Kier molecular flexibility index (Phi) is 6.51. The first-order valence-corrected chi connectivity index (χ1v) is 6.87. The van der Waals surface area contributed by atoms with E-state index in [0.717, 1.165) is 6.42 Å². The molecule has 0 aromatic heterocycles. The smallest absolute Gasteiger partial charge is 0.188 e. The van der Waals surface area contributed by atoms with E-state index in [1.165, 1.54) is 6.07 Å². The van der Waals surface area contributed by atoms with Crippen molar-refractivity contribution in [3.63, 3.8) is 0 Å². The number of halogens is 3. The van der Waals surface area contributed by atoms with E-state index in [-0.39, 0.29) is 41.8 Å². The van der Waals surface area contributed by atoms with Gasteiger partial charge in [0.15, 0.2) is 5.96 Å². The predicted molar refractivity (Wildman–Crippen MR) is 92.4 cm³/mol. The summed E-state index contributed by atoms with van der Waals surface area (Å²) in [7, 11) is 0. The van der Waals surface area contributed by atoms with Gasteiger partial charge in [0.2, 0.25) is 0 Å². The van der Waals surface area contributed by atoms with Crippen molar-refractivity contribution >= 4 is 41.5 Å². The largest absolute Gasteiger partial charge is 0.370 e. The second kappa shape index (κ2) is 7.45. The predicted octanol–water partition coefficient (Wildman–Crippen LogP) is 3.51. The summed E-state index contributed by atoms with van der Waals surface area (Å²) in [5, 5.41) is 3.59. The lowest BCUT2D eigenvalue weighted by molar-refractivity contribution is 0.608. The lowest BCUT2D eigenvalue weighted by atomic mass is 10.1. The first-order chi connectivity index (χ1) is 8.99. The summed E-state index contributed by atoms with van der Waals surface area (Å²) in [6, 6.07) is 4.90. The number of nitrogens with two attached hydrogens (primary N) is 1. The SMILES string of the molecule is CC(C)CN=C(N)NC1CC1c1c(F)cccc1Cl.I. The minimum absolute atomic E-state index is 0. The molecule has 1 aromatic carbocycles. The molecular weight excluding hydrogens is 392 g/mol. The van der Waals surface area contributed by atoms with Gasteiger partial charge in [0.25, 0.3) is 0 Å². The molecule has 1 aliphatic rings. The molecule has 3 nitrogen and oxygen atoms in total. The molecule has 1 fully saturated rings. The van der Waals surface area contributed by atoms with E-state index >= 15 is 0 Å². The summed E-state index contributed by atoms with van der Waals surface area (Å²) in [4.78, 5) is 4.23. The average Bonchev–Trinajstić information content (AvgIpc) is 3.05. The molecule has 2 rings (SSSR count). The van der Waals surface area contributed by atoms with E-state index in [0.29, 0.717) is 29.0 Å². The number of hydrogen-bond acceptors (Lipinski definition) is 1. The van der Waals surface area contributed by atoms with Crippen LogP contribution in [0.4, 0.5) is 4.39 Å². The van der Waals surface area contributed by atoms with Crippen molar-refractivity contribution in [3.05, 3.63) is 34.6 Å². The molecule has 2 atom stereocenters. The molecule has 0 spiro atoms. The average molecular weight is 412 g/mol. The van der Waals surface area contributed by atoms with Gasteiger partial charge < -0.3 is 11.1 Å². The molecule has 6 heteroatoms. The third-order valence-electron chi connectivity index (χ3n) is 3.12. The second-order valence-corrected chi connectivity index (χ2v) is 5.76. The molecule has 0 radical (unpaired) electrons. The molecule has 0 amide bonds. The third-order valence-corrected chi connectivity index (χ3v) is 3.45. The maximum Gasteiger partial charge on any atom is 0.188 e. The molecule has 0 aliphatic heterocycles. The molecule has 0 heterocycles. The summed E-state index contributed by atoms with van der Waals surface area (Å²) in [5.41, 5.74) is 6.37. The van der Waals surface area contributed by atoms with Crippen LogP contribution >= 0.6 is 35.6 Å². The second-order valence-electron chi connectivity index (χ2n) is 5.35. The third kappa shape index (κ3) is 4.48. The summed E-state index contributed by atoms with van der Waals surface area (Å²) in [5.74, 6) is 0.728. The van der Waals surface area contributed by atoms with Crippen LogP contribution in [0.25, 0.3) is 0 Å². The van der Waals surface area contributed by atoms with Gasteiger partial charge in [-0.1, -0.05) is 31.5 Å². The number of aliphatic imine (C=N–C) groups is 1. The Morgan fingerprint density at radius 2 is 2.25 bits per heavy atom. The number of nitrogens with zero attached hydrogens (tertiary/aromatic N) is 1. The van der Waals surface area contributed by atoms with Crippen LogP contribution in [0.5, 0.6) is 0 Å². The highest BCUT2D eigenvalue weighted by Gasteiger charge is 2.41. The van der Waals surface area contributed by atoms with Gasteiger partial charge in [-0.3, -0.25) is 4.99 Å². The van der Waals surface area contributed by atoms with E-state index in [1.54, 1.807) is 12.1 Å². The van der Waals surface area contributed by atoms with Gasteiger partial charge in [0, 0.05) is 29.1 Å². The van der Waals surface area contributed by atoms with Gasteiger partial charge in [0.1, 0.15) is 5.82 Å². The van der Waals surface area contributed by atoms with Crippen LogP contribution < -0.4 is 11.1 Å². The van der Waals surface area contributed by atoms with E-state index in [4.69, 9.17) is 17.3 Å². The fourth-order valence-electron chi connectivity index (χ4n) is 2.06. The van der Waals surface area contributed by atoms with Crippen LogP contribution in [0.3, 0.4) is 0 Å². The number of nitrogens with one attached hydrogen (secondary N) is 1. The van der Waals surface area contributed by atoms with Crippen molar-refractivity contribution in [2.24, 2.45) is 16.6 Å². The van der Waals surface area contributed by atoms with E-state index < -0.39 is 0 Å². The Morgan fingerprint density at radius 1 is 1.55 bits per heavy atom. The monoisotopic (exact) mass is 411 g/mol. The highest BCUT2D eigenvalue weighted by atomic mass is 127. The molecule has 0 saturated heterocycles. The molecule has 1 aromatic rings. The highest BCUT2D eigenvalue weighted by Crippen LogP contribution is 2.44. The molecule has 2 unspecified atom stereocenters. The molecule has 1 aliphatic carbocycles. The standard InChI is InChI=1S/C14H19ClFN3.HI/c1-8(2)7-18-14(17)19-12-6-9(12)13-10(15)4-3-5-11(13)16;/h3-5,8-9,12H,6-7H2,1-2H3,(H3,17,18,19);1H. The van der Waals surface area contributed by atoms with E-state index in [9.17, 15) is 4.39 Å². The quantitative estimate of drug-likeness (QED) is 0.452. The van der Waals surface area contributed by atoms with Gasteiger partial charge in [-0.25, -0.2) is 4.39 Å². The van der Waals surface area contributed by atoms with Crippen molar-refractivity contribution < 1.29 is 4.39 Å². The Labute approximate surface area is 141 Å². The van der Waals surface area contributed by atoms with Crippen LogP contribution in [0, 0.1) is 11.7 Å². The first-order valence-electron chi connectivity index (χ1n) is 6.49. The lowest BCUT2D eigenvalue weighted by Gasteiger charge is -2.08. The molecule has 1 saturated carbocycles. The molecular formula is C14H20ClFIN3. The zero-order valence-corrected chi connectivity index (χ0v) is 14.7. The van der Waals surface area contributed by atoms with Gasteiger partial charge in [-0.15, -0.1) is 24.0 Å². The zero-order valence-electron chi connectivity index (χ0n) is 11.6. The first kappa shape index (κ1) is 17.5. The van der Waals surface area contributed by atoms with Crippen molar-refractivity contribution in [1.29, 1.82) is 0 Å².